The summed E-state index contributed by atoms with van der Waals surface area (Å²) in [5, 5.41) is 12.6. The highest BCUT2D eigenvalue weighted by Crippen LogP contribution is 2.32. The van der Waals surface area contributed by atoms with Crippen molar-refractivity contribution in [3.63, 3.8) is 0 Å². The topological polar surface area (TPSA) is 106 Å². The summed E-state index contributed by atoms with van der Waals surface area (Å²) in [7, 11) is 3.29. The van der Waals surface area contributed by atoms with Crippen molar-refractivity contribution >= 4 is 17.7 Å². The maximum Gasteiger partial charge on any atom is 0.255 e. The monoisotopic (exact) mass is 405 g/mol. The Labute approximate surface area is 171 Å². The third kappa shape index (κ3) is 2.71. The number of piperidine rings is 1. The van der Waals surface area contributed by atoms with Crippen LogP contribution in [-0.2, 0) is 23.2 Å². The molecule has 4 heterocycles. The molecule has 2 aliphatic heterocycles. The average Bonchev–Trinajstić information content (AvgIpc) is 3.46. The Kier molecular flexibility index (Phi) is 4.02. The zero-order chi connectivity index (χ0) is 21.0. The molecule has 1 saturated heterocycles. The van der Waals surface area contributed by atoms with Crippen molar-refractivity contribution in [2.45, 2.75) is 25.4 Å². The van der Waals surface area contributed by atoms with Crippen LogP contribution in [0.1, 0.15) is 28.8 Å². The molecule has 5 rings (SSSR count). The summed E-state index contributed by atoms with van der Waals surface area (Å²) in [6.07, 6.45) is 5.93. The normalized spacial score (nSPS) is 19.0. The number of likely N-dealkylation sites (tertiary alicyclic amines) is 1. The second-order valence-corrected chi connectivity index (χ2v) is 7.53. The van der Waals surface area contributed by atoms with E-state index in [0.717, 1.165) is 21.7 Å². The number of amides is 3. The Morgan fingerprint density at radius 2 is 1.93 bits per heavy atom. The smallest absolute Gasteiger partial charge is 0.255 e. The van der Waals surface area contributed by atoms with E-state index in [9.17, 15) is 14.4 Å². The molecule has 0 radical (unpaired) electrons. The molecule has 0 spiro atoms. The molecule has 10 nitrogen and oxygen atoms in total. The van der Waals surface area contributed by atoms with Gasteiger partial charge >= 0.3 is 0 Å². The molecule has 2 aromatic heterocycles. The van der Waals surface area contributed by atoms with Gasteiger partial charge in [-0.1, -0.05) is 11.3 Å². The molecule has 1 atom stereocenters. The van der Waals surface area contributed by atoms with E-state index < -0.39 is 6.04 Å². The summed E-state index contributed by atoms with van der Waals surface area (Å²) < 4.78 is 3.32. The van der Waals surface area contributed by atoms with Gasteiger partial charge in [-0.15, -0.1) is 5.10 Å². The largest absolute Gasteiger partial charge is 0.322 e. The number of rotatable bonds is 3. The van der Waals surface area contributed by atoms with Crippen LogP contribution >= 0.6 is 0 Å². The lowest BCUT2D eigenvalue weighted by Gasteiger charge is -2.33. The van der Waals surface area contributed by atoms with Gasteiger partial charge in [0.15, 0.2) is 0 Å². The lowest BCUT2D eigenvalue weighted by molar-refractivity contribution is -0.150. The predicted molar refractivity (Wildman–Crippen MR) is 104 cm³/mol. The summed E-state index contributed by atoms with van der Waals surface area (Å²) in [6, 6.07) is 4.78. The van der Waals surface area contributed by atoms with Crippen LogP contribution in [0.25, 0.3) is 16.9 Å². The van der Waals surface area contributed by atoms with Gasteiger partial charge in [0.25, 0.3) is 11.8 Å². The number of carbonyl (C=O) groups is 3. The number of hydrogen-bond acceptors (Lipinski definition) is 6. The quantitative estimate of drug-likeness (QED) is 0.596. The Bertz CT molecular complexity index is 1190. The fourth-order valence-electron chi connectivity index (χ4n) is 4.06. The standard InChI is InChI=1S/C20H19N7O3/c1-24-9-12(8-21-24)15-11-27(23-22-15)16-5-3-4-13-14(16)10-26(19(13)29)17-6-7-18(28)25(2)20(17)30/h3-5,8-9,11,17H,6-7,10H2,1-2H3. The van der Waals surface area contributed by atoms with Crippen LogP contribution in [0.4, 0.5) is 0 Å². The van der Waals surface area contributed by atoms with Gasteiger partial charge in [-0.2, -0.15) is 5.10 Å². The Morgan fingerprint density at radius 1 is 1.10 bits per heavy atom. The van der Waals surface area contributed by atoms with Gasteiger partial charge in [0.1, 0.15) is 11.7 Å². The van der Waals surface area contributed by atoms with Gasteiger partial charge in [0.05, 0.1) is 18.1 Å². The number of benzene rings is 1. The van der Waals surface area contributed by atoms with Gasteiger partial charge in [0, 0.05) is 49.9 Å². The third-order valence-electron chi connectivity index (χ3n) is 5.71. The maximum absolute atomic E-state index is 13.1. The molecule has 152 valence electrons. The molecule has 0 aliphatic carbocycles. The average molecular weight is 405 g/mol. The van der Waals surface area contributed by atoms with Crippen molar-refractivity contribution < 1.29 is 14.4 Å². The molecule has 3 aromatic rings. The lowest BCUT2D eigenvalue weighted by Crippen LogP contribution is -2.53. The SMILES string of the molecule is CN1C(=O)CCC(N2Cc3c(cccc3-n3cc(-c4cnn(C)c4)nn3)C2=O)C1=O. The van der Waals surface area contributed by atoms with Gasteiger partial charge in [-0.25, -0.2) is 4.68 Å². The molecule has 2 aliphatic rings. The van der Waals surface area contributed by atoms with E-state index in [1.54, 1.807) is 38.8 Å². The van der Waals surface area contributed by atoms with E-state index in [-0.39, 0.29) is 30.7 Å². The second kappa shape index (κ2) is 6.61. The summed E-state index contributed by atoms with van der Waals surface area (Å²) in [4.78, 5) is 40.1. The molecule has 1 unspecified atom stereocenters. The summed E-state index contributed by atoms with van der Waals surface area (Å²) >= 11 is 0. The van der Waals surface area contributed by atoms with Crippen molar-refractivity contribution in [2.75, 3.05) is 7.05 Å². The first-order valence-corrected chi connectivity index (χ1v) is 9.59. The van der Waals surface area contributed by atoms with Crippen LogP contribution in [0.15, 0.2) is 36.8 Å². The van der Waals surface area contributed by atoms with E-state index in [1.807, 2.05) is 19.3 Å². The summed E-state index contributed by atoms with van der Waals surface area (Å²) in [6.45, 7) is 0.283. The van der Waals surface area contributed by atoms with Crippen LogP contribution in [0.5, 0.6) is 0 Å². The number of fused-ring (bicyclic) bond motifs is 1. The van der Waals surface area contributed by atoms with Crippen LogP contribution < -0.4 is 0 Å². The Hall–Kier alpha value is -3.82. The summed E-state index contributed by atoms with van der Waals surface area (Å²) in [5.74, 6) is -0.763. The van der Waals surface area contributed by atoms with Crippen molar-refractivity contribution in [1.29, 1.82) is 0 Å². The fraction of sp³-hybridized carbons (Fsp3) is 0.300. The van der Waals surface area contributed by atoms with Gasteiger partial charge in [-0.05, 0) is 18.6 Å². The first kappa shape index (κ1) is 18.2. The molecular weight excluding hydrogens is 386 g/mol. The molecule has 0 N–H and O–H groups in total. The van der Waals surface area contributed by atoms with Crippen molar-refractivity contribution in [2.24, 2.45) is 7.05 Å². The minimum atomic E-state index is -0.637. The molecule has 3 amide bonds. The highest BCUT2D eigenvalue weighted by atomic mass is 16.2. The molecule has 1 fully saturated rings. The van der Waals surface area contributed by atoms with E-state index in [1.165, 1.54) is 7.05 Å². The van der Waals surface area contributed by atoms with Gasteiger partial charge < -0.3 is 4.90 Å². The molecule has 1 aromatic carbocycles. The number of hydrogen-bond donors (Lipinski definition) is 0. The van der Waals surface area contributed by atoms with Crippen molar-refractivity contribution in [3.05, 3.63) is 47.9 Å². The second-order valence-electron chi connectivity index (χ2n) is 7.53. The number of likely N-dealkylation sites (N-methyl/N-ethyl adjacent to an activating group) is 1. The van der Waals surface area contributed by atoms with E-state index in [2.05, 4.69) is 15.4 Å². The van der Waals surface area contributed by atoms with Crippen LogP contribution in [0.2, 0.25) is 0 Å². The highest BCUT2D eigenvalue weighted by molar-refractivity contribution is 6.05. The van der Waals surface area contributed by atoms with Crippen LogP contribution in [0, 0.1) is 0 Å². The van der Waals surface area contributed by atoms with Crippen LogP contribution in [0.3, 0.4) is 0 Å². The molecule has 0 bridgehead atoms. The molecular formula is C20H19N7O3. The van der Waals surface area contributed by atoms with Gasteiger partial charge in [0.2, 0.25) is 5.91 Å². The zero-order valence-electron chi connectivity index (χ0n) is 16.5. The minimum Gasteiger partial charge on any atom is -0.322 e. The first-order valence-electron chi connectivity index (χ1n) is 9.59. The first-order chi connectivity index (χ1) is 14.4. The molecule has 30 heavy (non-hydrogen) atoms. The Balaban J connectivity index is 1.48. The van der Waals surface area contributed by atoms with E-state index >= 15 is 0 Å². The van der Waals surface area contributed by atoms with E-state index in [0.29, 0.717) is 17.7 Å². The Morgan fingerprint density at radius 3 is 2.70 bits per heavy atom. The molecule has 10 heteroatoms. The number of nitrogens with zero attached hydrogens (tertiary/aromatic N) is 7. The highest BCUT2D eigenvalue weighted by Gasteiger charge is 2.42. The maximum atomic E-state index is 13.1. The third-order valence-corrected chi connectivity index (χ3v) is 5.71. The van der Waals surface area contributed by atoms with Crippen molar-refractivity contribution in [1.82, 2.24) is 34.6 Å². The summed E-state index contributed by atoms with van der Waals surface area (Å²) in [5.41, 5.74) is 3.58. The lowest BCUT2D eigenvalue weighted by atomic mass is 10.0. The van der Waals surface area contributed by atoms with E-state index in [4.69, 9.17) is 0 Å². The minimum absolute atomic E-state index is 0.208. The van der Waals surface area contributed by atoms with Crippen LogP contribution in [-0.4, -0.2) is 65.4 Å². The predicted octanol–water partition coefficient (Wildman–Crippen LogP) is 0.771. The number of aryl methyl sites for hydroxylation is 1. The number of imide groups is 1. The molecule has 0 saturated carbocycles. The number of carbonyl (C=O) groups excluding carboxylic acids is 3. The number of aromatic nitrogens is 5. The fourth-order valence-corrected chi connectivity index (χ4v) is 4.06. The van der Waals surface area contributed by atoms with Crippen molar-refractivity contribution in [3.8, 4) is 16.9 Å². The van der Waals surface area contributed by atoms with Gasteiger partial charge in [-0.3, -0.25) is 24.0 Å². The zero-order valence-corrected chi connectivity index (χ0v) is 16.5.